The number of aromatic nitrogens is 4. The van der Waals surface area contributed by atoms with Crippen molar-refractivity contribution in [3.8, 4) is 17.1 Å². The van der Waals surface area contributed by atoms with E-state index in [1.54, 1.807) is 6.92 Å². The van der Waals surface area contributed by atoms with Crippen LogP contribution in [0.3, 0.4) is 0 Å². The molecule has 3 aromatic heterocycles. The maximum Gasteiger partial charge on any atom is 0.433 e. The van der Waals surface area contributed by atoms with Crippen LogP contribution in [-0.4, -0.2) is 47.6 Å². The Morgan fingerprint density at radius 1 is 1.13 bits per heavy atom. The van der Waals surface area contributed by atoms with Crippen LogP contribution in [0.4, 0.5) is 26.3 Å². The number of hydrogen-bond donors (Lipinski definition) is 0. The predicted molar refractivity (Wildman–Crippen MR) is 101 cm³/mol. The summed E-state index contributed by atoms with van der Waals surface area (Å²) in [5.41, 5.74) is -1.18. The highest BCUT2D eigenvalue weighted by Crippen LogP contribution is 2.35. The molecule has 0 saturated heterocycles. The third-order valence-corrected chi connectivity index (χ3v) is 5.79. The number of rotatable bonds is 5. The van der Waals surface area contributed by atoms with Gasteiger partial charge in [-0.05, 0) is 15.9 Å². The van der Waals surface area contributed by atoms with E-state index in [-0.39, 0.29) is 43.5 Å². The number of pyridine rings is 1. The molecule has 0 amide bonds. The molecule has 170 valence electrons. The van der Waals surface area contributed by atoms with Crippen LogP contribution >= 0.6 is 15.9 Å². The first kappa shape index (κ1) is 25.0. The van der Waals surface area contributed by atoms with Gasteiger partial charge in [0.05, 0.1) is 21.9 Å². The molecule has 31 heavy (non-hydrogen) atoms. The van der Waals surface area contributed by atoms with Crippen LogP contribution in [0, 0.1) is 0 Å². The second-order valence-electron chi connectivity index (χ2n) is 5.81. The van der Waals surface area contributed by atoms with Crippen LogP contribution in [0.25, 0.3) is 17.0 Å². The molecule has 0 aliphatic heterocycles. The van der Waals surface area contributed by atoms with Gasteiger partial charge in [-0.25, -0.2) is 15.0 Å². The number of ether oxygens (including phenoxy) is 1. The van der Waals surface area contributed by atoms with Crippen molar-refractivity contribution in [2.24, 2.45) is 0 Å². The summed E-state index contributed by atoms with van der Waals surface area (Å²) in [5.74, 6) is -0.142. The van der Waals surface area contributed by atoms with Crippen LogP contribution in [-0.2, 0) is 17.0 Å². The molecule has 0 radical (unpaired) electrons. The summed E-state index contributed by atoms with van der Waals surface area (Å²) < 4.78 is 94.4. The SMILES string of the molecule is CCS(=O)c1cc(OCC(F)(F)F)cnc1-c1nc2cc(C(F)(F)F)ncn2c1Br.O. The van der Waals surface area contributed by atoms with E-state index in [1.165, 1.54) is 4.40 Å². The average molecular weight is 535 g/mol. The topological polar surface area (TPSA) is 101 Å². The van der Waals surface area contributed by atoms with Crippen LogP contribution < -0.4 is 4.74 Å². The van der Waals surface area contributed by atoms with E-state index in [0.717, 1.165) is 24.7 Å². The molecule has 1 unspecified atom stereocenters. The minimum atomic E-state index is -4.68. The van der Waals surface area contributed by atoms with Crippen molar-refractivity contribution in [3.63, 3.8) is 0 Å². The van der Waals surface area contributed by atoms with Gasteiger partial charge >= 0.3 is 12.4 Å². The second-order valence-corrected chi connectivity index (χ2v) is 8.27. The molecule has 2 N–H and O–H groups in total. The van der Waals surface area contributed by atoms with E-state index in [4.69, 9.17) is 0 Å². The summed E-state index contributed by atoms with van der Waals surface area (Å²) in [6.45, 7) is 0.0254. The monoisotopic (exact) mass is 534 g/mol. The van der Waals surface area contributed by atoms with Gasteiger partial charge in [-0.1, -0.05) is 6.92 Å². The highest BCUT2D eigenvalue weighted by molar-refractivity contribution is 9.10. The molecule has 3 heterocycles. The predicted octanol–water partition coefficient (Wildman–Crippen LogP) is 3.82. The molecule has 0 bridgehead atoms. The zero-order chi connectivity index (χ0) is 22.3. The molecule has 15 heteroatoms. The summed E-state index contributed by atoms with van der Waals surface area (Å²) in [6, 6.07) is 1.87. The van der Waals surface area contributed by atoms with Crippen LogP contribution in [0.1, 0.15) is 12.6 Å². The van der Waals surface area contributed by atoms with Gasteiger partial charge in [0.1, 0.15) is 39.4 Å². The van der Waals surface area contributed by atoms with Gasteiger partial charge in [0.15, 0.2) is 6.61 Å². The molecule has 3 aromatic rings. The Kier molecular flexibility index (Phi) is 7.32. The summed E-state index contributed by atoms with van der Waals surface area (Å²) in [7, 11) is -1.68. The molecule has 7 nitrogen and oxygen atoms in total. The largest absolute Gasteiger partial charge is 0.482 e. The van der Waals surface area contributed by atoms with Gasteiger partial charge < -0.3 is 10.2 Å². The molecule has 0 aliphatic carbocycles. The lowest BCUT2D eigenvalue weighted by atomic mass is 10.3. The zero-order valence-electron chi connectivity index (χ0n) is 15.4. The third kappa shape index (κ3) is 5.51. The first-order chi connectivity index (χ1) is 13.9. The van der Waals surface area contributed by atoms with E-state index in [9.17, 15) is 30.6 Å². The van der Waals surface area contributed by atoms with E-state index in [2.05, 4.69) is 35.6 Å². The summed E-state index contributed by atoms with van der Waals surface area (Å²) in [4.78, 5) is 11.5. The van der Waals surface area contributed by atoms with E-state index < -0.39 is 35.5 Å². The summed E-state index contributed by atoms with van der Waals surface area (Å²) >= 11 is 3.20. The molecular formula is C16H13BrF6N4O3S. The van der Waals surface area contributed by atoms with Gasteiger partial charge in [-0.3, -0.25) is 8.61 Å². The highest BCUT2D eigenvalue weighted by atomic mass is 79.9. The number of alkyl halides is 6. The smallest absolute Gasteiger partial charge is 0.433 e. The Bertz CT molecular complexity index is 1120. The van der Waals surface area contributed by atoms with Gasteiger partial charge in [-0.15, -0.1) is 0 Å². The maximum absolute atomic E-state index is 12.9. The number of hydrogen-bond acceptors (Lipinski definition) is 5. The zero-order valence-corrected chi connectivity index (χ0v) is 17.8. The number of imidazole rings is 1. The van der Waals surface area contributed by atoms with Crippen LogP contribution in [0.2, 0.25) is 0 Å². The molecule has 0 saturated carbocycles. The van der Waals surface area contributed by atoms with Gasteiger partial charge in [0.2, 0.25) is 0 Å². The third-order valence-electron chi connectivity index (χ3n) is 3.71. The van der Waals surface area contributed by atoms with Crippen molar-refractivity contribution >= 4 is 32.4 Å². The molecule has 0 spiro atoms. The van der Waals surface area contributed by atoms with E-state index in [1.807, 2.05) is 0 Å². The molecule has 1 atom stereocenters. The summed E-state index contributed by atoms with van der Waals surface area (Å²) in [6.07, 6.45) is -7.34. The number of halogens is 7. The van der Waals surface area contributed by atoms with Crippen LogP contribution in [0.15, 0.2) is 34.2 Å². The van der Waals surface area contributed by atoms with Crippen molar-refractivity contribution in [2.75, 3.05) is 12.4 Å². The lowest BCUT2D eigenvalue weighted by molar-refractivity contribution is -0.153. The Hall–Kier alpha value is -2.26. The lowest BCUT2D eigenvalue weighted by Gasteiger charge is -2.12. The fourth-order valence-electron chi connectivity index (χ4n) is 2.40. The van der Waals surface area contributed by atoms with Crippen molar-refractivity contribution in [3.05, 3.63) is 35.0 Å². The fraction of sp³-hybridized carbons (Fsp3) is 0.312. The molecule has 3 rings (SSSR count). The number of nitrogens with zero attached hydrogens (tertiary/aromatic N) is 4. The van der Waals surface area contributed by atoms with Crippen molar-refractivity contribution < 1.29 is 40.8 Å². The van der Waals surface area contributed by atoms with Gasteiger partial charge in [0.25, 0.3) is 0 Å². The Morgan fingerprint density at radius 3 is 2.39 bits per heavy atom. The highest BCUT2D eigenvalue weighted by Gasteiger charge is 2.33. The standard InChI is InChI=1S/C16H11BrF6N4O2S.H2O/c1-2-30(28)9-3-8(29-6-15(18,19)20)5-24-12(9)13-14(17)27-7-25-10(16(21,22)23)4-11(27)26-13;/h3-5,7H,2,6H2,1H3;1H2. The fourth-order valence-corrected chi connectivity index (χ4v) is 3.88. The minimum absolute atomic E-state index is 0. The first-order valence-electron chi connectivity index (χ1n) is 8.10. The average Bonchev–Trinajstić information content (AvgIpc) is 3.00. The Labute approximate surface area is 181 Å². The van der Waals surface area contributed by atoms with Gasteiger partial charge in [-0.2, -0.15) is 26.3 Å². The molecule has 0 aromatic carbocycles. The summed E-state index contributed by atoms with van der Waals surface area (Å²) in [5, 5.41) is 0. The minimum Gasteiger partial charge on any atom is -0.482 e. The van der Waals surface area contributed by atoms with E-state index >= 15 is 0 Å². The number of fused-ring (bicyclic) bond motifs is 1. The van der Waals surface area contributed by atoms with E-state index in [0.29, 0.717) is 0 Å². The van der Waals surface area contributed by atoms with Crippen LogP contribution in [0.5, 0.6) is 5.75 Å². The van der Waals surface area contributed by atoms with Crippen molar-refractivity contribution in [1.82, 2.24) is 19.4 Å². The second kappa shape index (κ2) is 9.08. The lowest BCUT2D eigenvalue weighted by Crippen LogP contribution is -2.19. The van der Waals surface area contributed by atoms with Crippen molar-refractivity contribution in [2.45, 2.75) is 24.2 Å². The first-order valence-corrected chi connectivity index (χ1v) is 10.2. The Balaban J connectivity index is 0.00000341. The maximum atomic E-state index is 12.9. The molecular weight excluding hydrogens is 522 g/mol. The van der Waals surface area contributed by atoms with Crippen molar-refractivity contribution in [1.29, 1.82) is 0 Å². The quantitative estimate of drug-likeness (QED) is 0.463. The van der Waals surface area contributed by atoms with Gasteiger partial charge in [0, 0.05) is 17.9 Å². The molecule has 0 aliphatic rings. The normalized spacial score (nSPS) is 13.2. The molecule has 0 fully saturated rings. The Morgan fingerprint density at radius 2 is 1.81 bits per heavy atom.